The summed E-state index contributed by atoms with van der Waals surface area (Å²) in [5.74, 6) is -0.125. The van der Waals surface area contributed by atoms with Crippen molar-refractivity contribution in [1.82, 2.24) is 9.80 Å². The van der Waals surface area contributed by atoms with Crippen molar-refractivity contribution in [1.29, 1.82) is 0 Å². The zero-order valence-electron chi connectivity index (χ0n) is 12.0. The van der Waals surface area contributed by atoms with E-state index in [1.807, 2.05) is 4.90 Å². The fourth-order valence-electron chi connectivity index (χ4n) is 2.75. The normalized spacial score (nSPS) is 26.3. The van der Waals surface area contributed by atoms with Crippen LogP contribution in [0.5, 0.6) is 0 Å². The third kappa shape index (κ3) is 5.10. The van der Waals surface area contributed by atoms with Gasteiger partial charge in [0.1, 0.15) is 13.2 Å². The third-order valence-electron chi connectivity index (χ3n) is 3.88. The van der Waals surface area contributed by atoms with E-state index in [0.29, 0.717) is 32.6 Å². The van der Waals surface area contributed by atoms with E-state index in [-0.39, 0.29) is 17.5 Å². The van der Waals surface area contributed by atoms with Crippen molar-refractivity contribution in [2.45, 2.75) is 18.6 Å². The molecule has 22 heavy (non-hydrogen) atoms. The molecule has 2 aliphatic rings. The minimum atomic E-state index is -4.44. The van der Waals surface area contributed by atoms with Gasteiger partial charge < -0.3 is 9.64 Å². The van der Waals surface area contributed by atoms with Gasteiger partial charge in [0, 0.05) is 32.2 Å². The number of rotatable bonds is 4. The summed E-state index contributed by atoms with van der Waals surface area (Å²) < 4.78 is 63.1. The van der Waals surface area contributed by atoms with Crippen molar-refractivity contribution in [3.8, 4) is 0 Å². The first-order chi connectivity index (χ1) is 10.2. The molecule has 2 heterocycles. The lowest BCUT2D eigenvalue weighted by Gasteiger charge is -2.37. The molecule has 2 aliphatic heterocycles. The lowest BCUT2D eigenvalue weighted by Crippen LogP contribution is -2.53. The molecular weight excluding hydrogens is 325 g/mol. The van der Waals surface area contributed by atoms with Crippen LogP contribution in [0.1, 0.15) is 6.42 Å². The predicted octanol–water partition coefficient (Wildman–Crippen LogP) is -0.103. The maximum absolute atomic E-state index is 11.9. The molecule has 1 unspecified atom stereocenters. The van der Waals surface area contributed by atoms with Crippen molar-refractivity contribution in [2.75, 3.05) is 50.9 Å². The lowest BCUT2D eigenvalue weighted by molar-refractivity contribution is -0.178. The van der Waals surface area contributed by atoms with Gasteiger partial charge in [-0.1, -0.05) is 0 Å². The number of ether oxygens (including phenoxy) is 1. The Kier molecular flexibility index (Phi) is 5.33. The van der Waals surface area contributed by atoms with E-state index in [1.165, 1.54) is 4.90 Å². The molecule has 6 nitrogen and oxygen atoms in total. The van der Waals surface area contributed by atoms with E-state index < -0.39 is 35.1 Å². The average Bonchev–Trinajstić information content (AvgIpc) is 2.78. The molecule has 1 atom stereocenters. The predicted molar refractivity (Wildman–Crippen MR) is 72.1 cm³/mol. The van der Waals surface area contributed by atoms with Crippen LogP contribution in [0.4, 0.5) is 13.2 Å². The Bertz CT molecular complexity index is 501. The monoisotopic (exact) mass is 344 g/mol. The zero-order valence-corrected chi connectivity index (χ0v) is 12.8. The summed E-state index contributed by atoms with van der Waals surface area (Å²) in [5.41, 5.74) is 0. The van der Waals surface area contributed by atoms with Crippen LogP contribution in [0.2, 0.25) is 0 Å². The Hall–Kier alpha value is -0.870. The van der Waals surface area contributed by atoms with Gasteiger partial charge in [-0.05, 0) is 6.42 Å². The fourth-order valence-corrected chi connectivity index (χ4v) is 4.51. The second-order valence-electron chi connectivity index (χ2n) is 5.58. The summed E-state index contributed by atoms with van der Waals surface area (Å²) in [6.45, 7) is -0.193. The topological polar surface area (TPSA) is 66.9 Å². The third-order valence-corrected chi connectivity index (χ3v) is 5.63. The van der Waals surface area contributed by atoms with Crippen LogP contribution in [0.25, 0.3) is 0 Å². The van der Waals surface area contributed by atoms with Gasteiger partial charge in [-0.3, -0.25) is 9.69 Å². The number of nitrogens with zero attached hydrogens (tertiary/aromatic N) is 2. The van der Waals surface area contributed by atoms with Crippen molar-refractivity contribution < 1.29 is 31.1 Å². The number of alkyl halides is 3. The molecule has 2 rings (SSSR count). The van der Waals surface area contributed by atoms with Gasteiger partial charge in [-0.25, -0.2) is 8.42 Å². The number of amides is 1. The largest absolute Gasteiger partial charge is 0.411 e. The molecule has 2 fully saturated rings. The van der Waals surface area contributed by atoms with E-state index in [2.05, 4.69) is 4.74 Å². The van der Waals surface area contributed by atoms with Crippen LogP contribution in [0, 0.1) is 0 Å². The molecule has 2 saturated heterocycles. The van der Waals surface area contributed by atoms with Crippen LogP contribution >= 0.6 is 0 Å². The van der Waals surface area contributed by atoms with E-state index in [9.17, 15) is 26.4 Å². The van der Waals surface area contributed by atoms with Gasteiger partial charge in [-0.15, -0.1) is 0 Å². The first kappa shape index (κ1) is 17.5. The molecule has 0 spiro atoms. The Balaban J connectivity index is 1.72. The van der Waals surface area contributed by atoms with Gasteiger partial charge in [0.15, 0.2) is 9.84 Å². The van der Waals surface area contributed by atoms with Crippen LogP contribution in [0.15, 0.2) is 0 Å². The summed E-state index contributed by atoms with van der Waals surface area (Å²) in [7, 11) is -2.95. The average molecular weight is 344 g/mol. The number of carbonyl (C=O) groups is 1. The van der Waals surface area contributed by atoms with Gasteiger partial charge in [0.25, 0.3) is 0 Å². The first-order valence-electron chi connectivity index (χ1n) is 7.03. The fraction of sp³-hybridized carbons (Fsp3) is 0.917. The highest BCUT2D eigenvalue weighted by molar-refractivity contribution is 7.91. The standard InChI is InChI=1S/C12H19F3N2O4S/c13-12(14,15)9-21-7-11(18)17-4-2-16(3-5-17)10-1-6-22(19,20)8-10/h10H,1-9H2. The number of carbonyl (C=O) groups excluding carboxylic acids is 1. The number of halogens is 3. The summed E-state index contributed by atoms with van der Waals surface area (Å²) in [6.07, 6.45) is -3.84. The molecule has 0 radical (unpaired) electrons. The van der Waals surface area contributed by atoms with Crippen LogP contribution in [-0.2, 0) is 19.4 Å². The summed E-state index contributed by atoms with van der Waals surface area (Å²) in [6, 6.07) is -0.0104. The lowest BCUT2D eigenvalue weighted by atomic mass is 10.2. The van der Waals surface area contributed by atoms with E-state index >= 15 is 0 Å². The summed E-state index contributed by atoms with van der Waals surface area (Å²) >= 11 is 0. The van der Waals surface area contributed by atoms with Crippen LogP contribution in [0.3, 0.4) is 0 Å². The van der Waals surface area contributed by atoms with E-state index in [1.54, 1.807) is 0 Å². The molecule has 1 amide bonds. The minimum Gasteiger partial charge on any atom is -0.362 e. The zero-order chi connectivity index (χ0) is 16.4. The van der Waals surface area contributed by atoms with Gasteiger partial charge in [0.2, 0.25) is 5.91 Å². The quantitative estimate of drug-likeness (QED) is 0.712. The van der Waals surface area contributed by atoms with Gasteiger partial charge in [-0.2, -0.15) is 13.2 Å². The number of piperazine rings is 1. The Morgan fingerprint density at radius 3 is 2.32 bits per heavy atom. The molecule has 0 aromatic heterocycles. The number of hydrogen-bond acceptors (Lipinski definition) is 5. The maximum Gasteiger partial charge on any atom is 0.411 e. The van der Waals surface area contributed by atoms with Crippen molar-refractivity contribution >= 4 is 15.7 Å². The molecule has 10 heteroatoms. The maximum atomic E-state index is 11.9. The molecule has 0 saturated carbocycles. The summed E-state index contributed by atoms with van der Waals surface area (Å²) in [4.78, 5) is 15.2. The molecule has 0 N–H and O–H groups in total. The highest BCUT2D eigenvalue weighted by Crippen LogP contribution is 2.19. The Morgan fingerprint density at radius 2 is 1.82 bits per heavy atom. The Labute approximate surface area is 127 Å². The highest BCUT2D eigenvalue weighted by Gasteiger charge is 2.34. The van der Waals surface area contributed by atoms with Crippen molar-refractivity contribution in [3.05, 3.63) is 0 Å². The molecule has 128 valence electrons. The highest BCUT2D eigenvalue weighted by atomic mass is 32.2. The van der Waals surface area contributed by atoms with Gasteiger partial charge in [0.05, 0.1) is 11.5 Å². The smallest absolute Gasteiger partial charge is 0.362 e. The van der Waals surface area contributed by atoms with Gasteiger partial charge >= 0.3 is 6.18 Å². The Morgan fingerprint density at radius 1 is 1.18 bits per heavy atom. The van der Waals surface area contributed by atoms with Crippen molar-refractivity contribution in [3.63, 3.8) is 0 Å². The van der Waals surface area contributed by atoms with Crippen LogP contribution in [-0.4, -0.2) is 87.2 Å². The van der Waals surface area contributed by atoms with Crippen molar-refractivity contribution in [2.24, 2.45) is 0 Å². The molecule has 0 aliphatic carbocycles. The molecule has 0 aromatic carbocycles. The second-order valence-corrected chi connectivity index (χ2v) is 7.81. The number of sulfone groups is 1. The summed E-state index contributed by atoms with van der Waals surface area (Å²) in [5, 5.41) is 0. The minimum absolute atomic E-state index is 0.0104. The SMILES string of the molecule is O=C(COCC(F)(F)F)N1CCN(C2CCS(=O)(=O)C2)CC1. The van der Waals surface area contributed by atoms with Crippen LogP contribution < -0.4 is 0 Å². The molecule has 0 aromatic rings. The molecule has 0 bridgehead atoms. The first-order valence-corrected chi connectivity index (χ1v) is 8.85. The van der Waals surface area contributed by atoms with E-state index in [4.69, 9.17) is 0 Å². The van der Waals surface area contributed by atoms with E-state index in [0.717, 1.165) is 0 Å². The number of hydrogen-bond donors (Lipinski definition) is 0. The molecular formula is C12H19F3N2O4S. The second kappa shape index (κ2) is 6.71.